The van der Waals surface area contributed by atoms with Gasteiger partial charge in [-0.3, -0.25) is 4.79 Å². The van der Waals surface area contributed by atoms with Crippen LogP contribution in [0.4, 0.5) is 0 Å². The van der Waals surface area contributed by atoms with Gasteiger partial charge in [0.05, 0.1) is 29.4 Å². The lowest BCUT2D eigenvalue weighted by Crippen LogP contribution is -2.24. The molecule has 2 aromatic rings. The van der Waals surface area contributed by atoms with Crippen LogP contribution >= 0.6 is 47.8 Å². The first-order valence-corrected chi connectivity index (χ1v) is 9.63. The average molecular weight is 551 g/mol. The zero-order valence-electron chi connectivity index (χ0n) is 13.9. The number of hydrazone groups is 1. The Labute approximate surface area is 176 Å². The van der Waals surface area contributed by atoms with Crippen LogP contribution < -0.4 is 19.6 Å². The fourth-order valence-corrected chi connectivity index (χ4v) is 3.80. The first-order chi connectivity index (χ1) is 12.4. The summed E-state index contributed by atoms with van der Waals surface area (Å²) in [6.07, 6.45) is 1.53. The Morgan fingerprint density at radius 2 is 1.81 bits per heavy atom. The highest BCUT2D eigenvalue weighted by Crippen LogP contribution is 2.38. The lowest BCUT2D eigenvalue weighted by Gasteiger charge is -2.12. The van der Waals surface area contributed by atoms with Crippen molar-refractivity contribution in [2.45, 2.75) is 0 Å². The van der Waals surface area contributed by atoms with Crippen molar-refractivity contribution in [3.8, 4) is 17.2 Å². The predicted molar refractivity (Wildman–Crippen MR) is 110 cm³/mol. The summed E-state index contributed by atoms with van der Waals surface area (Å²) < 4.78 is 18.2. The van der Waals surface area contributed by atoms with Gasteiger partial charge in [0.15, 0.2) is 18.1 Å². The number of ether oxygens (including phenoxy) is 3. The minimum absolute atomic E-state index is 0.208. The Morgan fingerprint density at radius 1 is 1.08 bits per heavy atom. The van der Waals surface area contributed by atoms with Crippen molar-refractivity contribution >= 4 is 59.9 Å². The number of hydrogen-bond acceptors (Lipinski definition) is 5. The normalized spacial score (nSPS) is 10.7. The van der Waals surface area contributed by atoms with Crippen molar-refractivity contribution in [1.29, 1.82) is 0 Å². The van der Waals surface area contributed by atoms with E-state index in [1.54, 1.807) is 25.3 Å². The molecule has 0 heterocycles. The van der Waals surface area contributed by atoms with Crippen molar-refractivity contribution in [3.63, 3.8) is 0 Å². The molecule has 2 rings (SSSR count). The SMILES string of the molecule is COc1ccc(/C=N\NC(=O)COc2c(Br)cc(Br)cc2OC)cc1Br. The predicted octanol–water partition coefficient (Wildman–Crippen LogP) is 4.52. The van der Waals surface area contributed by atoms with Gasteiger partial charge in [-0.25, -0.2) is 5.43 Å². The molecule has 0 saturated heterocycles. The third kappa shape index (κ3) is 5.72. The van der Waals surface area contributed by atoms with Crippen LogP contribution in [0.2, 0.25) is 0 Å². The standard InChI is InChI=1S/C17H15Br3N2O4/c1-24-14-4-3-10(5-12(14)19)8-21-22-16(23)9-26-17-13(20)6-11(18)7-15(17)25-2/h3-8H,9H2,1-2H3,(H,22,23)/b21-8-. The summed E-state index contributed by atoms with van der Waals surface area (Å²) in [5.41, 5.74) is 3.21. The zero-order chi connectivity index (χ0) is 19.1. The quantitative estimate of drug-likeness (QED) is 0.406. The van der Waals surface area contributed by atoms with Crippen LogP contribution in [0.15, 0.2) is 48.9 Å². The maximum atomic E-state index is 11.9. The molecule has 138 valence electrons. The Bertz CT molecular complexity index is 828. The maximum Gasteiger partial charge on any atom is 0.277 e. The molecule has 0 spiro atoms. The molecule has 0 fully saturated rings. The van der Waals surface area contributed by atoms with Crippen LogP contribution in [0.25, 0.3) is 0 Å². The summed E-state index contributed by atoms with van der Waals surface area (Å²) in [5.74, 6) is 1.26. The number of amides is 1. The minimum Gasteiger partial charge on any atom is -0.496 e. The van der Waals surface area contributed by atoms with Crippen LogP contribution in [0, 0.1) is 0 Å². The van der Waals surface area contributed by atoms with Crippen LogP contribution in [0.1, 0.15) is 5.56 Å². The molecule has 0 aliphatic carbocycles. The van der Waals surface area contributed by atoms with Crippen molar-refractivity contribution in [3.05, 3.63) is 49.3 Å². The van der Waals surface area contributed by atoms with Gasteiger partial charge < -0.3 is 14.2 Å². The molecule has 0 unspecified atom stereocenters. The van der Waals surface area contributed by atoms with Crippen LogP contribution in [-0.4, -0.2) is 32.9 Å². The third-order valence-corrected chi connectivity index (χ3v) is 4.79. The highest BCUT2D eigenvalue weighted by molar-refractivity contribution is 9.11. The van der Waals surface area contributed by atoms with Gasteiger partial charge >= 0.3 is 0 Å². The Kier molecular flexibility index (Phi) is 7.92. The smallest absolute Gasteiger partial charge is 0.277 e. The van der Waals surface area contributed by atoms with Gasteiger partial charge in [-0.05, 0) is 67.8 Å². The summed E-state index contributed by atoms with van der Waals surface area (Å²) in [6.45, 7) is -0.208. The molecule has 6 nitrogen and oxygen atoms in total. The van der Waals surface area contributed by atoms with E-state index in [-0.39, 0.29) is 6.61 Å². The number of halogens is 3. The van der Waals surface area contributed by atoms with Crippen molar-refractivity contribution < 1.29 is 19.0 Å². The molecular formula is C17H15Br3N2O4. The zero-order valence-corrected chi connectivity index (χ0v) is 18.6. The highest BCUT2D eigenvalue weighted by Gasteiger charge is 2.12. The van der Waals surface area contributed by atoms with E-state index in [9.17, 15) is 4.79 Å². The average Bonchev–Trinajstić information content (AvgIpc) is 2.60. The third-order valence-electron chi connectivity index (χ3n) is 3.12. The van der Waals surface area contributed by atoms with Crippen molar-refractivity contribution in [1.82, 2.24) is 5.43 Å². The van der Waals surface area contributed by atoms with E-state index < -0.39 is 5.91 Å². The second-order valence-corrected chi connectivity index (χ2v) is 7.52. The summed E-state index contributed by atoms with van der Waals surface area (Å²) in [4.78, 5) is 11.9. The topological polar surface area (TPSA) is 69.2 Å². The molecule has 0 aromatic heterocycles. The Hall–Kier alpha value is -1.58. The summed E-state index contributed by atoms with van der Waals surface area (Å²) in [7, 11) is 3.12. The molecule has 0 atom stereocenters. The van der Waals surface area contributed by atoms with E-state index >= 15 is 0 Å². The molecule has 1 amide bonds. The molecule has 9 heteroatoms. The van der Waals surface area contributed by atoms with Crippen LogP contribution in [0.3, 0.4) is 0 Å². The van der Waals surface area contributed by atoms with E-state index in [0.717, 1.165) is 14.5 Å². The Balaban J connectivity index is 1.93. The number of hydrogen-bond donors (Lipinski definition) is 1. The maximum absolute atomic E-state index is 11.9. The van der Waals surface area contributed by atoms with Gasteiger partial charge in [0.1, 0.15) is 5.75 Å². The number of methoxy groups -OCH3 is 2. The van der Waals surface area contributed by atoms with Gasteiger partial charge in [0.2, 0.25) is 0 Å². The van der Waals surface area contributed by atoms with E-state index in [0.29, 0.717) is 21.7 Å². The lowest BCUT2D eigenvalue weighted by molar-refractivity contribution is -0.123. The van der Waals surface area contributed by atoms with Gasteiger partial charge in [0, 0.05) is 4.47 Å². The molecule has 0 radical (unpaired) electrons. The summed E-state index contributed by atoms with van der Waals surface area (Å²) in [5, 5.41) is 3.91. The number of carbonyl (C=O) groups excluding carboxylic acids is 1. The number of benzene rings is 2. The fourth-order valence-electron chi connectivity index (χ4n) is 1.94. The van der Waals surface area contributed by atoms with Crippen molar-refractivity contribution in [2.75, 3.05) is 20.8 Å². The highest BCUT2D eigenvalue weighted by atomic mass is 79.9. The molecule has 0 aliphatic heterocycles. The molecule has 0 saturated carbocycles. The second kappa shape index (κ2) is 9.94. The molecule has 2 aromatic carbocycles. The number of nitrogens with zero attached hydrogens (tertiary/aromatic N) is 1. The molecule has 0 aliphatic rings. The van der Waals surface area contributed by atoms with Crippen LogP contribution in [0.5, 0.6) is 17.2 Å². The first kappa shape index (κ1) is 20.7. The van der Waals surface area contributed by atoms with Gasteiger partial charge in [0.25, 0.3) is 5.91 Å². The second-order valence-electron chi connectivity index (χ2n) is 4.89. The summed E-state index contributed by atoms with van der Waals surface area (Å²) in [6, 6.07) is 9.00. The van der Waals surface area contributed by atoms with Crippen molar-refractivity contribution in [2.24, 2.45) is 5.10 Å². The largest absolute Gasteiger partial charge is 0.496 e. The lowest BCUT2D eigenvalue weighted by atomic mass is 10.2. The number of carbonyl (C=O) groups is 1. The van der Waals surface area contributed by atoms with E-state index in [2.05, 4.69) is 58.3 Å². The molecule has 26 heavy (non-hydrogen) atoms. The summed E-state index contributed by atoms with van der Waals surface area (Å²) >= 11 is 10.1. The number of rotatable bonds is 7. The van der Waals surface area contributed by atoms with Crippen LogP contribution in [-0.2, 0) is 4.79 Å². The monoisotopic (exact) mass is 548 g/mol. The number of nitrogens with one attached hydrogen (secondary N) is 1. The fraction of sp³-hybridized carbons (Fsp3) is 0.176. The van der Waals surface area contributed by atoms with Gasteiger partial charge in [-0.15, -0.1) is 0 Å². The van der Waals surface area contributed by atoms with E-state index in [1.165, 1.54) is 13.3 Å². The molecule has 0 bridgehead atoms. The van der Waals surface area contributed by atoms with E-state index in [1.807, 2.05) is 12.1 Å². The van der Waals surface area contributed by atoms with E-state index in [4.69, 9.17) is 14.2 Å². The minimum atomic E-state index is -0.398. The first-order valence-electron chi connectivity index (χ1n) is 7.26. The van der Waals surface area contributed by atoms with Gasteiger partial charge in [-0.2, -0.15) is 5.10 Å². The molecular weight excluding hydrogens is 536 g/mol. The molecule has 1 N–H and O–H groups in total. The van der Waals surface area contributed by atoms with Gasteiger partial charge in [-0.1, -0.05) is 15.9 Å². The Morgan fingerprint density at radius 3 is 2.46 bits per heavy atom.